The second kappa shape index (κ2) is 8.58. The van der Waals surface area contributed by atoms with Crippen molar-refractivity contribution in [1.29, 1.82) is 0 Å². The van der Waals surface area contributed by atoms with Gasteiger partial charge < -0.3 is 19.3 Å². The zero-order chi connectivity index (χ0) is 22.1. The first-order valence-electron chi connectivity index (χ1n) is 11.1. The molecule has 0 fully saturated rings. The van der Waals surface area contributed by atoms with Crippen LogP contribution in [-0.2, 0) is 17.8 Å². The van der Waals surface area contributed by atoms with Crippen molar-refractivity contribution in [2.24, 2.45) is 0 Å². The minimum absolute atomic E-state index is 0.117. The number of anilines is 1. The summed E-state index contributed by atoms with van der Waals surface area (Å²) in [5, 5.41) is 0. The number of hydrogen-bond donors (Lipinski definition) is 0. The molecule has 0 aromatic heterocycles. The predicted molar refractivity (Wildman–Crippen MR) is 126 cm³/mol. The number of benzene rings is 3. The maximum atomic E-state index is 13.0. The van der Waals surface area contributed by atoms with Crippen molar-refractivity contribution in [2.45, 2.75) is 25.5 Å². The highest BCUT2D eigenvalue weighted by Crippen LogP contribution is 2.32. The summed E-state index contributed by atoms with van der Waals surface area (Å²) in [6.07, 6.45) is 0.955. The molecule has 5 nitrogen and oxygen atoms in total. The number of carbonyl (C=O) groups is 1. The maximum absolute atomic E-state index is 13.0. The maximum Gasteiger partial charge on any atom is 0.226 e. The lowest BCUT2D eigenvalue weighted by atomic mass is 9.94. The fourth-order valence-electron chi connectivity index (χ4n) is 4.40. The minimum Gasteiger partial charge on any atom is -0.486 e. The van der Waals surface area contributed by atoms with E-state index in [1.807, 2.05) is 29.2 Å². The number of nitrogens with zero attached hydrogens (tertiary/aromatic N) is 2. The zero-order valence-electron chi connectivity index (χ0n) is 18.6. The third-order valence-corrected chi connectivity index (χ3v) is 6.24. The molecule has 5 rings (SSSR count). The molecule has 2 aliphatic rings. The van der Waals surface area contributed by atoms with E-state index in [0.717, 1.165) is 18.7 Å². The van der Waals surface area contributed by atoms with E-state index in [1.165, 1.54) is 27.9 Å². The number of carbonyl (C=O) groups excluding carboxylic acids is 1. The van der Waals surface area contributed by atoms with Crippen LogP contribution < -0.4 is 14.4 Å². The standard InChI is InChI=1S/C27H28N2O3/c1-28(2)23-7-5-6-19(15-23)20-10-11-22-17-29(13-12-21(22)14-20)27(30)16-24-18-31-25-8-3-4-9-26(25)32-24/h3-11,14-15,24H,12-13,16-18H2,1-2H3. The van der Waals surface area contributed by atoms with E-state index in [9.17, 15) is 4.79 Å². The number of hydrogen-bond acceptors (Lipinski definition) is 4. The van der Waals surface area contributed by atoms with E-state index in [-0.39, 0.29) is 12.0 Å². The summed E-state index contributed by atoms with van der Waals surface area (Å²) in [4.78, 5) is 17.0. The molecule has 164 valence electrons. The number of fused-ring (bicyclic) bond motifs is 2. The van der Waals surface area contributed by atoms with Gasteiger partial charge in [-0.2, -0.15) is 0 Å². The molecule has 0 radical (unpaired) electrons. The van der Waals surface area contributed by atoms with Crippen LogP contribution in [0.3, 0.4) is 0 Å². The van der Waals surface area contributed by atoms with Crippen LogP contribution in [0.25, 0.3) is 11.1 Å². The lowest BCUT2D eigenvalue weighted by Crippen LogP contribution is -2.40. The molecule has 3 aromatic rings. The molecule has 2 heterocycles. The normalized spacial score (nSPS) is 16.9. The van der Waals surface area contributed by atoms with Gasteiger partial charge in [0.1, 0.15) is 12.7 Å². The molecular formula is C27H28N2O3. The van der Waals surface area contributed by atoms with Gasteiger partial charge in [-0.25, -0.2) is 0 Å². The molecular weight excluding hydrogens is 400 g/mol. The van der Waals surface area contributed by atoms with Crippen molar-refractivity contribution in [2.75, 3.05) is 32.1 Å². The van der Waals surface area contributed by atoms with E-state index >= 15 is 0 Å². The SMILES string of the molecule is CN(C)c1cccc(-c2ccc3c(c2)CCN(C(=O)CC2COc4ccccc4O2)C3)c1. The first-order valence-corrected chi connectivity index (χ1v) is 11.1. The molecule has 0 saturated carbocycles. The highest BCUT2D eigenvalue weighted by atomic mass is 16.6. The largest absolute Gasteiger partial charge is 0.486 e. The van der Waals surface area contributed by atoms with E-state index < -0.39 is 0 Å². The van der Waals surface area contributed by atoms with Gasteiger partial charge >= 0.3 is 0 Å². The van der Waals surface area contributed by atoms with E-state index in [4.69, 9.17) is 9.47 Å². The molecule has 32 heavy (non-hydrogen) atoms. The summed E-state index contributed by atoms with van der Waals surface area (Å²) < 4.78 is 11.7. The lowest BCUT2D eigenvalue weighted by Gasteiger charge is -2.32. The van der Waals surface area contributed by atoms with Gasteiger partial charge in [-0.1, -0.05) is 42.5 Å². The molecule has 0 spiro atoms. The molecule has 0 aliphatic carbocycles. The van der Waals surface area contributed by atoms with E-state index in [0.29, 0.717) is 25.3 Å². The summed E-state index contributed by atoms with van der Waals surface area (Å²) >= 11 is 0. The first-order chi connectivity index (χ1) is 15.6. The van der Waals surface area contributed by atoms with Crippen LogP contribution in [-0.4, -0.2) is 44.2 Å². The third kappa shape index (κ3) is 4.15. The average molecular weight is 429 g/mol. The van der Waals surface area contributed by atoms with Gasteiger partial charge in [-0.15, -0.1) is 0 Å². The van der Waals surface area contributed by atoms with Crippen LogP contribution in [0.15, 0.2) is 66.7 Å². The Hall–Kier alpha value is -3.47. The summed E-state index contributed by atoms with van der Waals surface area (Å²) in [6.45, 7) is 1.79. The number of para-hydroxylation sites is 2. The van der Waals surface area contributed by atoms with Crippen LogP contribution in [0.5, 0.6) is 11.5 Å². The van der Waals surface area contributed by atoms with Gasteiger partial charge in [0.25, 0.3) is 0 Å². The quantitative estimate of drug-likeness (QED) is 0.612. The van der Waals surface area contributed by atoms with Gasteiger partial charge in [0.2, 0.25) is 5.91 Å². The van der Waals surface area contributed by atoms with Gasteiger partial charge in [-0.05, 0) is 52.9 Å². The Morgan fingerprint density at radius 1 is 0.969 bits per heavy atom. The Balaban J connectivity index is 1.25. The molecule has 1 unspecified atom stereocenters. The molecule has 5 heteroatoms. The minimum atomic E-state index is -0.245. The Morgan fingerprint density at radius 2 is 1.78 bits per heavy atom. The van der Waals surface area contributed by atoms with Crippen molar-refractivity contribution in [3.63, 3.8) is 0 Å². The monoisotopic (exact) mass is 428 g/mol. The molecule has 3 aromatic carbocycles. The summed E-state index contributed by atoms with van der Waals surface area (Å²) in [7, 11) is 4.11. The van der Waals surface area contributed by atoms with Crippen LogP contribution in [0.1, 0.15) is 17.5 Å². The lowest BCUT2D eigenvalue weighted by molar-refractivity contribution is -0.134. The predicted octanol–water partition coefficient (Wildman–Crippen LogP) is 4.53. The van der Waals surface area contributed by atoms with Crippen molar-refractivity contribution in [3.8, 4) is 22.6 Å². The summed E-state index contributed by atoms with van der Waals surface area (Å²) in [5.41, 5.74) is 6.18. The van der Waals surface area contributed by atoms with Crippen molar-refractivity contribution >= 4 is 11.6 Å². The van der Waals surface area contributed by atoms with Gasteiger partial charge in [-0.3, -0.25) is 4.79 Å². The molecule has 0 bridgehead atoms. The van der Waals surface area contributed by atoms with Crippen LogP contribution in [0.2, 0.25) is 0 Å². The fraction of sp³-hybridized carbons (Fsp3) is 0.296. The second-order valence-corrected chi connectivity index (χ2v) is 8.70. The van der Waals surface area contributed by atoms with Crippen molar-refractivity contribution < 1.29 is 14.3 Å². The topological polar surface area (TPSA) is 42.0 Å². The van der Waals surface area contributed by atoms with E-state index in [2.05, 4.69) is 61.5 Å². The van der Waals surface area contributed by atoms with Crippen LogP contribution in [0, 0.1) is 0 Å². The Bertz CT molecular complexity index is 1140. The fourth-order valence-corrected chi connectivity index (χ4v) is 4.40. The van der Waals surface area contributed by atoms with Crippen LogP contribution >= 0.6 is 0 Å². The van der Waals surface area contributed by atoms with Gasteiger partial charge in [0, 0.05) is 32.9 Å². The highest BCUT2D eigenvalue weighted by Gasteiger charge is 2.27. The first kappa shape index (κ1) is 20.4. The molecule has 1 amide bonds. The molecule has 2 aliphatic heterocycles. The number of rotatable bonds is 4. The van der Waals surface area contributed by atoms with Gasteiger partial charge in [0.05, 0.1) is 6.42 Å². The smallest absolute Gasteiger partial charge is 0.226 e. The van der Waals surface area contributed by atoms with Gasteiger partial charge in [0.15, 0.2) is 11.5 Å². The Morgan fingerprint density at radius 3 is 2.62 bits per heavy atom. The second-order valence-electron chi connectivity index (χ2n) is 8.70. The number of amides is 1. The number of ether oxygens (including phenoxy) is 2. The van der Waals surface area contributed by atoms with Crippen LogP contribution in [0.4, 0.5) is 5.69 Å². The Labute approximate surface area is 189 Å². The van der Waals surface area contributed by atoms with Crippen molar-refractivity contribution in [1.82, 2.24) is 4.90 Å². The van der Waals surface area contributed by atoms with E-state index in [1.54, 1.807) is 0 Å². The zero-order valence-corrected chi connectivity index (χ0v) is 18.6. The third-order valence-electron chi connectivity index (χ3n) is 6.24. The Kier molecular flexibility index (Phi) is 5.48. The highest BCUT2D eigenvalue weighted by molar-refractivity contribution is 5.77. The summed E-state index contributed by atoms with van der Waals surface area (Å²) in [6, 6.07) is 22.8. The average Bonchev–Trinajstić information content (AvgIpc) is 2.83. The summed E-state index contributed by atoms with van der Waals surface area (Å²) in [5.74, 6) is 1.58. The van der Waals surface area contributed by atoms with Crippen molar-refractivity contribution in [3.05, 3.63) is 77.9 Å². The molecule has 0 saturated heterocycles. The molecule has 1 atom stereocenters. The molecule has 0 N–H and O–H groups in total.